The van der Waals surface area contributed by atoms with E-state index in [1.807, 2.05) is 46.0 Å². The molecule has 144 valence electrons. The third kappa shape index (κ3) is 3.55. The van der Waals surface area contributed by atoms with Gasteiger partial charge in [-0.2, -0.15) is 0 Å². The molecule has 1 saturated heterocycles. The van der Waals surface area contributed by atoms with E-state index in [1.54, 1.807) is 9.80 Å². The smallest absolute Gasteiger partial charge is 0.255 e. The Kier molecular flexibility index (Phi) is 5.49. The van der Waals surface area contributed by atoms with E-state index in [1.165, 1.54) is 0 Å². The van der Waals surface area contributed by atoms with E-state index in [0.29, 0.717) is 25.1 Å². The highest BCUT2D eigenvalue weighted by molar-refractivity contribution is 6.09. The predicted octanol–water partition coefficient (Wildman–Crippen LogP) is 3.63. The van der Waals surface area contributed by atoms with Gasteiger partial charge in [-0.1, -0.05) is 31.4 Å². The standard InChI is InChI=1S/C22H29N3O2/c1-6-7-8-19-21(26)24(5)11-12-25(19)22(27)20-15(3)16(4)23-18-10-9-14(2)13-17(18)20/h9-10,13,19H,6-8,11-12H2,1-5H3/t19-/m0/s1. The van der Waals surface area contributed by atoms with Crippen molar-refractivity contribution in [3.05, 3.63) is 40.6 Å². The quantitative estimate of drug-likeness (QED) is 0.829. The van der Waals surface area contributed by atoms with Crippen LogP contribution in [0, 0.1) is 20.8 Å². The molecular formula is C22H29N3O2. The molecule has 0 unspecified atom stereocenters. The SMILES string of the molecule is CCCC[C@H]1C(=O)N(C)CCN1C(=O)c1c(C)c(C)nc2ccc(C)cc12. The molecule has 1 aromatic carbocycles. The monoisotopic (exact) mass is 367 g/mol. The highest BCUT2D eigenvalue weighted by Crippen LogP contribution is 2.28. The third-order valence-electron chi connectivity index (χ3n) is 5.65. The fourth-order valence-corrected chi connectivity index (χ4v) is 3.85. The second-order valence-corrected chi connectivity index (χ2v) is 7.63. The topological polar surface area (TPSA) is 53.5 Å². The van der Waals surface area contributed by atoms with Gasteiger partial charge in [0.2, 0.25) is 5.91 Å². The molecule has 0 radical (unpaired) electrons. The number of unbranched alkanes of at least 4 members (excludes halogenated alkanes) is 1. The van der Waals surface area contributed by atoms with E-state index in [4.69, 9.17) is 0 Å². The van der Waals surface area contributed by atoms with Gasteiger partial charge in [-0.3, -0.25) is 14.6 Å². The van der Waals surface area contributed by atoms with Gasteiger partial charge in [0.05, 0.1) is 11.1 Å². The number of carbonyl (C=O) groups excluding carboxylic acids is 2. The molecule has 1 aromatic heterocycles. The number of amides is 2. The Labute approximate surface area is 161 Å². The fraction of sp³-hybridized carbons (Fsp3) is 0.500. The van der Waals surface area contributed by atoms with E-state index in [2.05, 4.69) is 11.9 Å². The van der Waals surface area contributed by atoms with Crippen LogP contribution in [0.25, 0.3) is 10.9 Å². The second-order valence-electron chi connectivity index (χ2n) is 7.63. The van der Waals surface area contributed by atoms with Gasteiger partial charge in [-0.25, -0.2) is 0 Å². The molecule has 0 aliphatic carbocycles. The first-order chi connectivity index (χ1) is 12.8. The van der Waals surface area contributed by atoms with Crippen molar-refractivity contribution in [3.8, 4) is 0 Å². The van der Waals surface area contributed by atoms with Crippen molar-refractivity contribution in [2.24, 2.45) is 0 Å². The van der Waals surface area contributed by atoms with Crippen LogP contribution in [0.1, 0.15) is 53.4 Å². The largest absolute Gasteiger partial charge is 0.342 e. The van der Waals surface area contributed by atoms with Crippen LogP contribution < -0.4 is 0 Å². The molecule has 0 N–H and O–H groups in total. The van der Waals surface area contributed by atoms with Crippen molar-refractivity contribution in [1.82, 2.24) is 14.8 Å². The number of aromatic nitrogens is 1. The molecule has 2 amide bonds. The van der Waals surface area contributed by atoms with E-state index in [0.717, 1.165) is 40.6 Å². The molecule has 0 spiro atoms. The second kappa shape index (κ2) is 7.67. The zero-order valence-corrected chi connectivity index (χ0v) is 17.0. The lowest BCUT2D eigenvalue weighted by atomic mass is 9.97. The summed E-state index contributed by atoms with van der Waals surface area (Å²) in [5, 5.41) is 0.878. The van der Waals surface area contributed by atoms with Gasteiger partial charge in [0.1, 0.15) is 6.04 Å². The van der Waals surface area contributed by atoms with Crippen molar-refractivity contribution in [2.45, 2.75) is 53.0 Å². The number of carbonyl (C=O) groups is 2. The normalized spacial score (nSPS) is 17.7. The van der Waals surface area contributed by atoms with Crippen molar-refractivity contribution < 1.29 is 9.59 Å². The maximum Gasteiger partial charge on any atom is 0.255 e. The number of benzene rings is 1. The van der Waals surface area contributed by atoms with Crippen LogP contribution in [0.3, 0.4) is 0 Å². The zero-order chi connectivity index (χ0) is 19.7. The molecule has 0 saturated carbocycles. The maximum absolute atomic E-state index is 13.7. The summed E-state index contributed by atoms with van der Waals surface area (Å²) in [5.74, 6) is 0.00289. The summed E-state index contributed by atoms with van der Waals surface area (Å²) in [6.07, 6.45) is 2.65. The van der Waals surface area contributed by atoms with Gasteiger partial charge in [0.25, 0.3) is 5.91 Å². The molecule has 0 bridgehead atoms. The minimum atomic E-state index is -0.371. The van der Waals surface area contributed by atoms with E-state index in [9.17, 15) is 9.59 Å². The molecule has 1 aliphatic heterocycles. The number of nitrogens with zero attached hydrogens (tertiary/aromatic N) is 3. The molecule has 3 rings (SSSR count). The molecule has 2 aromatic rings. The Morgan fingerprint density at radius 3 is 2.67 bits per heavy atom. The number of aryl methyl sites for hydroxylation is 2. The highest BCUT2D eigenvalue weighted by atomic mass is 16.2. The summed E-state index contributed by atoms with van der Waals surface area (Å²) in [5.41, 5.74) is 4.38. The van der Waals surface area contributed by atoms with Crippen LogP contribution >= 0.6 is 0 Å². The fourth-order valence-electron chi connectivity index (χ4n) is 3.85. The lowest BCUT2D eigenvalue weighted by molar-refractivity contribution is -0.138. The molecule has 27 heavy (non-hydrogen) atoms. The number of likely N-dealkylation sites (N-methyl/N-ethyl adjacent to an activating group) is 1. The van der Waals surface area contributed by atoms with Crippen molar-refractivity contribution in [1.29, 1.82) is 0 Å². The van der Waals surface area contributed by atoms with Gasteiger partial charge in [-0.05, 0) is 44.9 Å². The van der Waals surface area contributed by atoms with Crippen LogP contribution in [-0.2, 0) is 4.79 Å². The van der Waals surface area contributed by atoms with Crippen LogP contribution in [0.15, 0.2) is 18.2 Å². The first kappa shape index (κ1) is 19.3. The van der Waals surface area contributed by atoms with Crippen molar-refractivity contribution >= 4 is 22.7 Å². The molecular weight excluding hydrogens is 338 g/mol. The molecule has 5 heteroatoms. The number of hydrogen-bond donors (Lipinski definition) is 0. The average Bonchev–Trinajstić information content (AvgIpc) is 2.64. The van der Waals surface area contributed by atoms with E-state index < -0.39 is 0 Å². The minimum Gasteiger partial charge on any atom is -0.342 e. The highest BCUT2D eigenvalue weighted by Gasteiger charge is 2.36. The average molecular weight is 367 g/mol. The van der Waals surface area contributed by atoms with Crippen LogP contribution in [0.2, 0.25) is 0 Å². The first-order valence-corrected chi connectivity index (χ1v) is 9.78. The van der Waals surface area contributed by atoms with Gasteiger partial charge < -0.3 is 9.80 Å². The molecule has 5 nitrogen and oxygen atoms in total. The first-order valence-electron chi connectivity index (χ1n) is 9.78. The van der Waals surface area contributed by atoms with Crippen LogP contribution in [0.4, 0.5) is 0 Å². The Bertz CT molecular complexity index is 891. The number of hydrogen-bond acceptors (Lipinski definition) is 3. The minimum absolute atomic E-state index is 0.0452. The van der Waals surface area contributed by atoms with E-state index >= 15 is 0 Å². The number of rotatable bonds is 4. The van der Waals surface area contributed by atoms with E-state index in [-0.39, 0.29) is 17.9 Å². The third-order valence-corrected chi connectivity index (χ3v) is 5.65. The van der Waals surface area contributed by atoms with Gasteiger partial charge in [0.15, 0.2) is 0 Å². The predicted molar refractivity (Wildman–Crippen MR) is 108 cm³/mol. The maximum atomic E-state index is 13.7. The lowest BCUT2D eigenvalue weighted by Crippen LogP contribution is -2.57. The van der Waals surface area contributed by atoms with Crippen molar-refractivity contribution in [2.75, 3.05) is 20.1 Å². The summed E-state index contributed by atoms with van der Waals surface area (Å²) >= 11 is 0. The Morgan fingerprint density at radius 2 is 1.96 bits per heavy atom. The Morgan fingerprint density at radius 1 is 1.22 bits per heavy atom. The van der Waals surface area contributed by atoms with Crippen LogP contribution in [-0.4, -0.2) is 52.8 Å². The Hall–Kier alpha value is -2.43. The summed E-state index contributed by atoms with van der Waals surface area (Å²) in [4.78, 5) is 34.6. The number of piperazine rings is 1. The lowest BCUT2D eigenvalue weighted by Gasteiger charge is -2.39. The van der Waals surface area contributed by atoms with Crippen molar-refractivity contribution in [3.63, 3.8) is 0 Å². The molecule has 1 fully saturated rings. The number of fused-ring (bicyclic) bond motifs is 1. The van der Waals surface area contributed by atoms with Gasteiger partial charge in [0, 0.05) is 31.2 Å². The van der Waals surface area contributed by atoms with Gasteiger partial charge >= 0.3 is 0 Å². The molecule has 1 atom stereocenters. The Balaban J connectivity index is 2.09. The molecule has 2 heterocycles. The van der Waals surface area contributed by atoms with Crippen LogP contribution in [0.5, 0.6) is 0 Å². The van der Waals surface area contributed by atoms with Gasteiger partial charge in [-0.15, -0.1) is 0 Å². The summed E-state index contributed by atoms with van der Waals surface area (Å²) in [7, 11) is 1.82. The summed E-state index contributed by atoms with van der Waals surface area (Å²) < 4.78 is 0. The summed E-state index contributed by atoms with van der Waals surface area (Å²) in [6, 6.07) is 5.64. The summed E-state index contributed by atoms with van der Waals surface area (Å²) in [6.45, 7) is 9.17. The zero-order valence-electron chi connectivity index (χ0n) is 17.0. The number of pyridine rings is 1. The molecule has 1 aliphatic rings.